The normalized spacial score (nSPS) is 11.3. The standard InChI is InChI=1S/C8H12N2O2S/c1-7-4-3-5-8(6-7)10(2)13(9,11)12/h3-6H,1-2H3,(H2,9,11,12). The Labute approximate surface area is 78.2 Å². The Morgan fingerprint density at radius 3 is 2.46 bits per heavy atom. The summed E-state index contributed by atoms with van der Waals surface area (Å²) < 4.78 is 22.9. The van der Waals surface area contributed by atoms with Gasteiger partial charge in [-0.15, -0.1) is 0 Å². The molecule has 0 bridgehead atoms. The van der Waals surface area contributed by atoms with Crippen molar-refractivity contribution >= 4 is 15.9 Å². The van der Waals surface area contributed by atoms with Gasteiger partial charge >= 0.3 is 0 Å². The van der Waals surface area contributed by atoms with Gasteiger partial charge in [0.25, 0.3) is 10.2 Å². The molecule has 2 N–H and O–H groups in total. The molecule has 1 aromatic rings. The molecular weight excluding hydrogens is 188 g/mol. The summed E-state index contributed by atoms with van der Waals surface area (Å²) in [6, 6.07) is 7.12. The lowest BCUT2D eigenvalue weighted by Gasteiger charge is -2.15. The number of nitrogens with two attached hydrogens (primary N) is 1. The topological polar surface area (TPSA) is 63.4 Å². The molecule has 5 heteroatoms. The van der Waals surface area contributed by atoms with E-state index in [1.54, 1.807) is 18.2 Å². The number of hydrogen-bond acceptors (Lipinski definition) is 2. The van der Waals surface area contributed by atoms with Gasteiger partial charge in [0.1, 0.15) is 0 Å². The molecule has 0 saturated carbocycles. The summed E-state index contributed by atoms with van der Waals surface area (Å²) >= 11 is 0. The van der Waals surface area contributed by atoms with Gasteiger partial charge < -0.3 is 0 Å². The molecule has 0 heterocycles. The van der Waals surface area contributed by atoms with Crippen LogP contribution in [0.5, 0.6) is 0 Å². The van der Waals surface area contributed by atoms with E-state index in [0.29, 0.717) is 5.69 Å². The summed E-state index contributed by atoms with van der Waals surface area (Å²) in [6.45, 7) is 1.89. The summed E-state index contributed by atoms with van der Waals surface area (Å²) in [5.41, 5.74) is 1.57. The van der Waals surface area contributed by atoms with Crippen molar-refractivity contribution in [3.05, 3.63) is 29.8 Å². The number of anilines is 1. The molecule has 0 spiro atoms. The number of nitrogens with zero attached hydrogens (tertiary/aromatic N) is 1. The molecule has 0 unspecified atom stereocenters. The molecule has 4 nitrogen and oxygen atoms in total. The lowest BCUT2D eigenvalue weighted by atomic mass is 10.2. The van der Waals surface area contributed by atoms with E-state index in [4.69, 9.17) is 5.14 Å². The molecule has 0 amide bonds. The van der Waals surface area contributed by atoms with Crippen LogP contribution in [0.15, 0.2) is 24.3 Å². The largest absolute Gasteiger partial charge is 0.298 e. The van der Waals surface area contributed by atoms with Crippen molar-refractivity contribution in [3.8, 4) is 0 Å². The van der Waals surface area contributed by atoms with Gasteiger partial charge in [-0.2, -0.15) is 8.42 Å². The molecule has 72 valence electrons. The van der Waals surface area contributed by atoms with Crippen molar-refractivity contribution in [3.63, 3.8) is 0 Å². The molecular formula is C8H12N2O2S. The predicted molar refractivity (Wildman–Crippen MR) is 52.7 cm³/mol. The maximum absolute atomic E-state index is 10.9. The smallest absolute Gasteiger partial charge is 0.261 e. The molecule has 0 atom stereocenters. The molecule has 1 aromatic carbocycles. The van der Waals surface area contributed by atoms with E-state index in [1.165, 1.54) is 7.05 Å². The van der Waals surface area contributed by atoms with E-state index in [2.05, 4.69) is 0 Å². The SMILES string of the molecule is Cc1cccc(N(C)S(N)(=O)=O)c1. The number of hydrogen-bond donors (Lipinski definition) is 1. The van der Waals surface area contributed by atoms with Crippen LogP contribution in [0.25, 0.3) is 0 Å². The fraction of sp³-hybridized carbons (Fsp3) is 0.250. The maximum atomic E-state index is 10.9. The van der Waals surface area contributed by atoms with Gasteiger partial charge in [-0.25, -0.2) is 5.14 Å². The van der Waals surface area contributed by atoms with Crippen LogP contribution >= 0.6 is 0 Å². The van der Waals surface area contributed by atoms with Gasteiger partial charge in [0.2, 0.25) is 0 Å². The quantitative estimate of drug-likeness (QED) is 0.761. The van der Waals surface area contributed by atoms with Crippen LogP contribution in [0.3, 0.4) is 0 Å². The first kappa shape index (κ1) is 10.0. The van der Waals surface area contributed by atoms with E-state index in [0.717, 1.165) is 9.87 Å². The molecule has 1 rings (SSSR count). The van der Waals surface area contributed by atoms with Gasteiger partial charge in [-0.1, -0.05) is 12.1 Å². The first-order valence-corrected chi connectivity index (χ1v) is 5.25. The van der Waals surface area contributed by atoms with E-state index >= 15 is 0 Å². The van der Waals surface area contributed by atoms with Crippen molar-refractivity contribution in [2.75, 3.05) is 11.4 Å². The van der Waals surface area contributed by atoms with E-state index in [1.807, 2.05) is 13.0 Å². The van der Waals surface area contributed by atoms with Crippen molar-refractivity contribution in [1.29, 1.82) is 0 Å². The average molecular weight is 200 g/mol. The minimum atomic E-state index is -3.64. The predicted octanol–water partition coefficient (Wildman–Crippen LogP) is 0.635. The second-order valence-corrected chi connectivity index (χ2v) is 4.43. The molecule has 0 aliphatic rings. The fourth-order valence-corrected chi connectivity index (χ4v) is 1.38. The third-order valence-corrected chi connectivity index (χ3v) is 2.72. The molecule has 0 fully saturated rings. The highest BCUT2D eigenvalue weighted by molar-refractivity contribution is 7.90. The van der Waals surface area contributed by atoms with Gasteiger partial charge in [-0.05, 0) is 24.6 Å². The Balaban J connectivity index is 3.10. The second kappa shape index (κ2) is 3.35. The highest BCUT2D eigenvalue weighted by atomic mass is 32.2. The van der Waals surface area contributed by atoms with E-state index in [-0.39, 0.29) is 0 Å². The van der Waals surface area contributed by atoms with Crippen LogP contribution in [0.1, 0.15) is 5.56 Å². The first-order chi connectivity index (χ1) is 5.91. The average Bonchev–Trinajstić information content (AvgIpc) is 2.01. The lowest BCUT2D eigenvalue weighted by molar-refractivity contribution is 0.596. The van der Waals surface area contributed by atoms with Gasteiger partial charge in [0.05, 0.1) is 5.69 Å². The monoisotopic (exact) mass is 200 g/mol. The lowest BCUT2D eigenvalue weighted by Crippen LogP contribution is -2.33. The van der Waals surface area contributed by atoms with Crippen molar-refractivity contribution in [2.24, 2.45) is 5.14 Å². The molecule has 0 aliphatic carbocycles. The van der Waals surface area contributed by atoms with E-state index in [9.17, 15) is 8.42 Å². The Morgan fingerprint density at radius 1 is 1.38 bits per heavy atom. The van der Waals surface area contributed by atoms with Crippen LogP contribution in [0, 0.1) is 6.92 Å². The summed E-state index contributed by atoms with van der Waals surface area (Å²) in [6.07, 6.45) is 0. The zero-order valence-electron chi connectivity index (χ0n) is 7.56. The highest BCUT2D eigenvalue weighted by Crippen LogP contribution is 2.15. The highest BCUT2D eigenvalue weighted by Gasteiger charge is 2.11. The van der Waals surface area contributed by atoms with Crippen molar-refractivity contribution in [2.45, 2.75) is 6.92 Å². The van der Waals surface area contributed by atoms with Crippen LogP contribution in [-0.4, -0.2) is 15.5 Å². The first-order valence-electron chi connectivity index (χ1n) is 3.74. The number of benzene rings is 1. The Kier molecular flexibility index (Phi) is 2.58. The number of rotatable bonds is 2. The molecule has 0 aliphatic heterocycles. The van der Waals surface area contributed by atoms with Crippen LogP contribution < -0.4 is 9.44 Å². The van der Waals surface area contributed by atoms with Gasteiger partial charge in [0.15, 0.2) is 0 Å². The van der Waals surface area contributed by atoms with Crippen molar-refractivity contribution in [1.82, 2.24) is 0 Å². The van der Waals surface area contributed by atoms with Crippen LogP contribution in [0.2, 0.25) is 0 Å². The van der Waals surface area contributed by atoms with Crippen LogP contribution in [0.4, 0.5) is 5.69 Å². The Morgan fingerprint density at radius 2 is 2.00 bits per heavy atom. The molecule has 13 heavy (non-hydrogen) atoms. The van der Waals surface area contributed by atoms with Gasteiger partial charge in [0, 0.05) is 7.05 Å². The fourth-order valence-electron chi connectivity index (χ4n) is 0.971. The number of aryl methyl sites for hydroxylation is 1. The van der Waals surface area contributed by atoms with Crippen molar-refractivity contribution < 1.29 is 8.42 Å². The molecule has 0 radical (unpaired) electrons. The third kappa shape index (κ3) is 2.43. The van der Waals surface area contributed by atoms with Gasteiger partial charge in [-0.3, -0.25) is 4.31 Å². The summed E-state index contributed by atoms with van der Waals surface area (Å²) in [4.78, 5) is 0. The molecule has 0 aromatic heterocycles. The van der Waals surface area contributed by atoms with E-state index < -0.39 is 10.2 Å². The second-order valence-electron chi connectivity index (χ2n) is 2.85. The Bertz CT molecular complexity index is 400. The maximum Gasteiger partial charge on any atom is 0.298 e. The minimum Gasteiger partial charge on any atom is -0.261 e. The summed E-state index contributed by atoms with van der Waals surface area (Å²) in [5.74, 6) is 0. The minimum absolute atomic E-state index is 0.572. The summed E-state index contributed by atoms with van der Waals surface area (Å²) in [7, 11) is -2.22. The third-order valence-electron chi connectivity index (χ3n) is 1.75. The molecule has 0 saturated heterocycles. The Hall–Kier alpha value is -1.07. The zero-order valence-corrected chi connectivity index (χ0v) is 8.38. The zero-order chi connectivity index (χ0) is 10.1. The summed E-state index contributed by atoms with van der Waals surface area (Å²) in [5, 5.41) is 4.96. The van der Waals surface area contributed by atoms with Crippen LogP contribution in [-0.2, 0) is 10.2 Å².